The van der Waals surface area contributed by atoms with E-state index in [2.05, 4.69) is 4.74 Å². The van der Waals surface area contributed by atoms with Gasteiger partial charge in [-0.05, 0) is 25.2 Å². The molecule has 4 nitrogen and oxygen atoms in total. The first-order valence-electron chi connectivity index (χ1n) is 5.46. The molecular weight excluding hydrogens is 228 g/mol. The monoisotopic (exact) mass is 248 g/mol. The number of ether oxygens (including phenoxy) is 2. The van der Waals surface area contributed by atoms with Gasteiger partial charge in [-0.25, -0.2) is 0 Å². The molecule has 5 heteroatoms. The van der Waals surface area contributed by atoms with E-state index in [9.17, 15) is 9.00 Å². The lowest BCUT2D eigenvalue weighted by Gasteiger charge is -2.16. The van der Waals surface area contributed by atoms with E-state index in [1.54, 1.807) is 7.11 Å². The van der Waals surface area contributed by atoms with Crippen molar-refractivity contribution >= 4 is 16.8 Å². The molecule has 0 radical (unpaired) electrons. The summed E-state index contributed by atoms with van der Waals surface area (Å²) in [4.78, 5) is 11.2. The van der Waals surface area contributed by atoms with Crippen LogP contribution >= 0.6 is 0 Å². The van der Waals surface area contributed by atoms with Gasteiger partial charge in [0.05, 0.1) is 25.4 Å². The van der Waals surface area contributed by atoms with Gasteiger partial charge >= 0.3 is 5.97 Å². The highest BCUT2D eigenvalue weighted by atomic mass is 32.2. The van der Waals surface area contributed by atoms with Gasteiger partial charge in [-0.1, -0.05) is 0 Å². The fraction of sp³-hybridized carbons (Fsp3) is 0.909. The fourth-order valence-electron chi connectivity index (χ4n) is 1.68. The van der Waals surface area contributed by atoms with E-state index >= 15 is 0 Å². The smallest absolute Gasteiger partial charge is 0.306 e. The highest BCUT2D eigenvalue weighted by molar-refractivity contribution is 7.85. The average molecular weight is 248 g/mol. The Balaban J connectivity index is 2.41. The summed E-state index contributed by atoms with van der Waals surface area (Å²) in [7, 11) is 2.08. The van der Waals surface area contributed by atoms with Crippen molar-refractivity contribution in [3.05, 3.63) is 0 Å². The SMILES string of the molecule is COCC(C)S(=O)CC1(CC(=O)OC)CC1. The second kappa shape index (κ2) is 5.77. The zero-order chi connectivity index (χ0) is 12.2. The lowest BCUT2D eigenvalue weighted by Crippen LogP contribution is -2.25. The third-order valence-corrected chi connectivity index (χ3v) is 4.93. The summed E-state index contributed by atoms with van der Waals surface area (Å²) >= 11 is 0. The van der Waals surface area contributed by atoms with Gasteiger partial charge in [-0.3, -0.25) is 9.00 Å². The number of rotatable bonds is 7. The molecule has 1 aliphatic carbocycles. The number of methoxy groups -OCH3 is 2. The molecular formula is C11H20O4S. The van der Waals surface area contributed by atoms with E-state index in [0.29, 0.717) is 18.8 Å². The summed E-state index contributed by atoms with van der Waals surface area (Å²) in [6.07, 6.45) is 2.36. The van der Waals surface area contributed by atoms with Crippen molar-refractivity contribution < 1.29 is 18.5 Å². The first-order valence-corrected chi connectivity index (χ1v) is 6.84. The average Bonchev–Trinajstić information content (AvgIpc) is 2.98. The quantitative estimate of drug-likeness (QED) is 0.633. The first-order chi connectivity index (χ1) is 7.53. The van der Waals surface area contributed by atoms with Crippen LogP contribution in [0.2, 0.25) is 0 Å². The maximum absolute atomic E-state index is 11.9. The van der Waals surface area contributed by atoms with E-state index in [4.69, 9.17) is 4.74 Å². The van der Waals surface area contributed by atoms with Gasteiger partial charge in [0.25, 0.3) is 0 Å². The predicted molar refractivity (Wildman–Crippen MR) is 62.6 cm³/mol. The maximum atomic E-state index is 11.9. The minimum Gasteiger partial charge on any atom is -0.469 e. The zero-order valence-corrected chi connectivity index (χ0v) is 11.0. The summed E-state index contributed by atoms with van der Waals surface area (Å²) in [5.41, 5.74) is -0.0556. The van der Waals surface area contributed by atoms with E-state index < -0.39 is 10.8 Å². The normalized spacial score (nSPS) is 21.2. The second-order valence-corrected chi connectivity index (χ2v) is 6.40. The van der Waals surface area contributed by atoms with Crippen molar-refractivity contribution in [1.82, 2.24) is 0 Å². The van der Waals surface area contributed by atoms with E-state index in [1.165, 1.54) is 7.11 Å². The Morgan fingerprint density at radius 2 is 2.06 bits per heavy atom. The number of hydrogen-bond donors (Lipinski definition) is 0. The van der Waals surface area contributed by atoms with E-state index in [1.807, 2.05) is 6.92 Å². The lowest BCUT2D eigenvalue weighted by molar-refractivity contribution is -0.141. The maximum Gasteiger partial charge on any atom is 0.306 e. The Morgan fingerprint density at radius 1 is 1.44 bits per heavy atom. The lowest BCUT2D eigenvalue weighted by atomic mass is 10.1. The highest BCUT2D eigenvalue weighted by Crippen LogP contribution is 2.49. The van der Waals surface area contributed by atoms with Gasteiger partial charge in [0, 0.05) is 23.7 Å². The summed E-state index contributed by atoms with van der Waals surface area (Å²) in [6.45, 7) is 2.41. The molecule has 2 atom stereocenters. The van der Waals surface area contributed by atoms with Crippen molar-refractivity contribution in [2.75, 3.05) is 26.6 Å². The van der Waals surface area contributed by atoms with Gasteiger partial charge in [-0.2, -0.15) is 0 Å². The third-order valence-electron chi connectivity index (χ3n) is 3.00. The Hall–Kier alpha value is -0.420. The van der Waals surface area contributed by atoms with Crippen molar-refractivity contribution in [2.45, 2.75) is 31.4 Å². The molecule has 0 aromatic heterocycles. The van der Waals surface area contributed by atoms with Crippen LogP contribution in [0, 0.1) is 5.41 Å². The summed E-state index contributed by atoms with van der Waals surface area (Å²) in [5.74, 6) is 0.390. The molecule has 1 aliphatic rings. The molecule has 0 spiro atoms. The molecule has 94 valence electrons. The van der Waals surface area contributed by atoms with Gasteiger partial charge in [0.15, 0.2) is 0 Å². The predicted octanol–water partition coefficient (Wildman–Crippen LogP) is 1.11. The topological polar surface area (TPSA) is 52.6 Å². The van der Waals surface area contributed by atoms with Crippen LogP contribution in [-0.4, -0.2) is 42.0 Å². The summed E-state index contributed by atoms with van der Waals surface area (Å²) in [5, 5.41) is 0.0279. The van der Waals surface area contributed by atoms with E-state index in [-0.39, 0.29) is 16.6 Å². The second-order valence-electron chi connectivity index (χ2n) is 4.54. The molecule has 0 N–H and O–H groups in total. The largest absolute Gasteiger partial charge is 0.469 e. The first kappa shape index (κ1) is 13.6. The molecule has 1 fully saturated rings. The van der Waals surface area contributed by atoms with Gasteiger partial charge < -0.3 is 9.47 Å². The van der Waals surface area contributed by atoms with Gasteiger partial charge in [0.2, 0.25) is 0 Å². The van der Waals surface area contributed by atoms with Crippen LogP contribution < -0.4 is 0 Å². The van der Waals surface area contributed by atoms with Crippen molar-refractivity contribution in [3.63, 3.8) is 0 Å². The molecule has 16 heavy (non-hydrogen) atoms. The van der Waals surface area contributed by atoms with E-state index in [0.717, 1.165) is 12.8 Å². The van der Waals surface area contributed by atoms with Crippen molar-refractivity contribution in [2.24, 2.45) is 5.41 Å². The van der Waals surface area contributed by atoms with Crippen LogP contribution in [0.15, 0.2) is 0 Å². The highest BCUT2D eigenvalue weighted by Gasteiger charge is 2.46. The van der Waals surface area contributed by atoms with Crippen LogP contribution in [0.4, 0.5) is 0 Å². The van der Waals surface area contributed by atoms with Crippen LogP contribution in [-0.2, 0) is 25.1 Å². The van der Waals surface area contributed by atoms with Crippen molar-refractivity contribution in [3.8, 4) is 0 Å². The molecule has 0 aromatic carbocycles. The Kier molecular flexibility index (Phi) is 4.92. The number of carbonyl (C=O) groups excluding carboxylic acids is 1. The molecule has 0 heterocycles. The van der Waals surface area contributed by atoms with Crippen LogP contribution in [0.5, 0.6) is 0 Å². The molecule has 0 bridgehead atoms. The standard InChI is InChI=1S/C11H20O4S/c1-9(7-14-2)16(13)8-11(4-5-11)6-10(12)15-3/h9H,4-8H2,1-3H3. The summed E-state index contributed by atoms with van der Waals surface area (Å²) in [6, 6.07) is 0. The molecule has 2 unspecified atom stereocenters. The molecule has 1 saturated carbocycles. The summed E-state index contributed by atoms with van der Waals surface area (Å²) < 4.78 is 21.6. The molecule has 1 rings (SSSR count). The Morgan fingerprint density at radius 3 is 2.50 bits per heavy atom. The number of esters is 1. The number of hydrogen-bond acceptors (Lipinski definition) is 4. The fourth-order valence-corrected chi connectivity index (χ4v) is 3.25. The Labute approximate surface area is 99.1 Å². The van der Waals surface area contributed by atoms with Crippen LogP contribution in [0.25, 0.3) is 0 Å². The van der Waals surface area contributed by atoms with Gasteiger partial charge in [0.1, 0.15) is 0 Å². The minimum atomic E-state index is -0.923. The minimum absolute atomic E-state index is 0.0279. The molecule has 0 aliphatic heterocycles. The molecule has 0 aromatic rings. The molecule has 0 amide bonds. The molecule has 0 saturated heterocycles. The van der Waals surface area contributed by atoms with Crippen LogP contribution in [0.3, 0.4) is 0 Å². The van der Waals surface area contributed by atoms with Crippen molar-refractivity contribution in [1.29, 1.82) is 0 Å². The zero-order valence-electron chi connectivity index (χ0n) is 10.2. The van der Waals surface area contributed by atoms with Crippen LogP contribution in [0.1, 0.15) is 26.2 Å². The Bertz CT molecular complexity index is 273. The number of carbonyl (C=O) groups is 1. The van der Waals surface area contributed by atoms with Gasteiger partial charge in [-0.15, -0.1) is 0 Å². The third kappa shape index (κ3) is 3.87.